The SMILES string of the molecule is COc1cc(/C=C(/C#N)C(=O)Nc2nc(S(C)(=O)=O)ns2)ccc1OCc1ccccc1F. The van der Waals surface area contributed by atoms with Gasteiger partial charge in [-0.25, -0.2) is 12.8 Å². The number of carbonyl (C=O) groups excluding carboxylic acids is 1. The number of hydrogen-bond donors (Lipinski definition) is 1. The summed E-state index contributed by atoms with van der Waals surface area (Å²) < 4.78 is 51.3. The molecule has 1 N–H and O–H groups in total. The van der Waals surface area contributed by atoms with Crippen LogP contribution in [0, 0.1) is 17.1 Å². The summed E-state index contributed by atoms with van der Waals surface area (Å²) in [5, 5.41) is 11.3. The Labute approximate surface area is 193 Å². The molecule has 3 aromatic rings. The second kappa shape index (κ2) is 10.2. The molecule has 0 spiro atoms. The van der Waals surface area contributed by atoms with Crippen LogP contribution in [0.4, 0.5) is 9.52 Å². The monoisotopic (exact) mass is 488 g/mol. The summed E-state index contributed by atoms with van der Waals surface area (Å²) in [6.45, 7) is -0.0125. The molecule has 3 rings (SSSR count). The van der Waals surface area contributed by atoms with Crippen LogP contribution in [-0.2, 0) is 21.2 Å². The van der Waals surface area contributed by atoms with Crippen LogP contribution in [0.2, 0.25) is 0 Å². The Morgan fingerprint density at radius 2 is 2.03 bits per heavy atom. The molecule has 33 heavy (non-hydrogen) atoms. The lowest BCUT2D eigenvalue weighted by molar-refractivity contribution is -0.112. The number of carbonyl (C=O) groups is 1. The number of halogens is 1. The van der Waals surface area contributed by atoms with Crippen molar-refractivity contribution >= 4 is 38.5 Å². The number of aromatic nitrogens is 2. The van der Waals surface area contributed by atoms with E-state index in [1.54, 1.807) is 42.5 Å². The predicted octanol–water partition coefficient (Wildman–Crippen LogP) is 3.21. The third-order valence-corrected chi connectivity index (χ3v) is 5.76. The summed E-state index contributed by atoms with van der Waals surface area (Å²) in [6, 6.07) is 12.7. The van der Waals surface area contributed by atoms with Gasteiger partial charge in [-0.3, -0.25) is 10.1 Å². The second-order valence-electron chi connectivity index (χ2n) is 6.57. The van der Waals surface area contributed by atoms with Gasteiger partial charge in [-0.2, -0.15) is 14.6 Å². The molecular weight excluding hydrogens is 471 g/mol. The maximum atomic E-state index is 13.8. The van der Waals surface area contributed by atoms with Crippen molar-refractivity contribution < 1.29 is 27.1 Å². The van der Waals surface area contributed by atoms with Crippen molar-refractivity contribution in [2.45, 2.75) is 11.8 Å². The van der Waals surface area contributed by atoms with Crippen molar-refractivity contribution in [1.29, 1.82) is 5.26 Å². The molecule has 1 heterocycles. The number of sulfone groups is 1. The molecule has 0 fully saturated rings. The minimum atomic E-state index is -3.62. The Hall–Kier alpha value is -3.82. The number of methoxy groups -OCH3 is 1. The summed E-state index contributed by atoms with van der Waals surface area (Å²) in [6.07, 6.45) is 2.26. The van der Waals surface area contributed by atoms with Gasteiger partial charge in [-0.1, -0.05) is 24.3 Å². The topological polar surface area (TPSA) is 131 Å². The highest BCUT2D eigenvalue weighted by molar-refractivity contribution is 7.90. The van der Waals surface area contributed by atoms with Crippen molar-refractivity contribution in [2.24, 2.45) is 0 Å². The lowest BCUT2D eigenvalue weighted by atomic mass is 10.1. The Bertz CT molecular complexity index is 1360. The molecule has 0 radical (unpaired) electrons. The van der Waals surface area contributed by atoms with Gasteiger partial charge in [0.15, 0.2) is 11.5 Å². The number of benzene rings is 2. The van der Waals surface area contributed by atoms with Crippen molar-refractivity contribution in [2.75, 3.05) is 18.7 Å². The third kappa shape index (κ3) is 6.12. The fraction of sp³-hybridized carbons (Fsp3) is 0.143. The van der Waals surface area contributed by atoms with Gasteiger partial charge in [0.25, 0.3) is 11.1 Å². The molecule has 9 nitrogen and oxygen atoms in total. The van der Waals surface area contributed by atoms with Crippen molar-refractivity contribution in [3.05, 3.63) is 65.0 Å². The smallest absolute Gasteiger partial charge is 0.268 e. The fourth-order valence-electron chi connectivity index (χ4n) is 2.56. The highest BCUT2D eigenvalue weighted by Crippen LogP contribution is 2.30. The number of nitrogens with zero attached hydrogens (tertiary/aromatic N) is 3. The van der Waals surface area contributed by atoms with Crippen LogP contribution in [0.3, 0.4) is 0 Å². The summed E-state index contributed by atoms with van der Waals surface area (Å²) in [5.41, 5.74) is 0.585. The molecule has 12 heteroatoms. The molecule has 0 aliphatic carbocycles. The predicted molar refractivity (Wildman–Crippen MR) is 119 cm³/mol. The summed E-state index contributed by atoms with van der Waals surface area (Å²) >= 11 is 0.679. The van der Waals surface area contributed by atoms with Crippen LogP contribution in [0.5, 0.6) is 11.5 Å². The van der Waals surface area contributed by atoms with Gasteiger partial charge in [0.2, 0.25) is 15.0 Å². The summed E-state index contributed by atoms with van der Waals surface area (Å²) in [4.78, 5) is 16.1. The number of rotatable bonds is 8. The van der Waals surface area contributed by atoms with E-state index in [0.29, 0.717) is 34.2 Å². The summed E-state index contributed by atoms with van der Waals surface area (Å²) in [7, 11) is -2.20. The standard InChI is InChI=1S/C21H17FN4O5S2/c1-30-18-10-13(7-8-17(18)31-12-14-5-3-4-6-16(14)22)9-15(11-23)19(27)24-20-25-21(26-32-20)33(2,28)29/h3-10H,12H2,1-2H3,(H,24,25,26,27)/b15-9-. The van der Waals surface area contributed by atoms with Crippen LogP contribution in [0.25, 0.3) is 6.08 Å². The van der Waals surface area contributed by atoms with Gasteiger partial charge >= 0.3 is 0 Å². The number of ether oxygens (including phenoxy) is 2. The third-order valence-electron chi connectivity index (χ3n) is 4.16. The average molecular weight is 489 g/mol. The molecule has 0 aliphatic heterocycles. The summed E-state index contributed by atoms with van der Waals surface area (Å²) in [5.74, 6) is -0.505. The highest BCUT2D eigenvalue weighted by Gasteiger charge is 2.18. The molecule has 170 valence electrons. The Morgan fingerprint density at radius 1 is 1.27 bits per heavy atom. The van der Waals surface area contributed by atoms with E-state index in [1.807, 2.05) is 0 Å². The van der Waals surface area contributed by atoms with Crippen molar-refractivity contribution in [1.82, 2.24) is 9.36 Å². The molecule has 2 aromatic carbocycles. The van der Waals surface area contributed by atoms with Gasteiger partial charge in [-0.05, 0) is 29.8 Å². The minimum absolute atomic E-state index is 0.0125. The zero-order chi connectivity index (χ0) is 24.0. The zero-order valence-electron chi connectivity index (χ0n) is 17.4. The Morgan fingerprint density at radius 3 is 2.67 bits per heavy atom. The maximum absolute atomic E-state index is 13.8. The van der Waals surface area contributed by atoms with Crippen molar-refractivity contribution in [3.63, 3.8) is 0 Å². The highest BCUT2D eigenvalue weighted by atomic mass is 32.2. The normalized spacial score (nSPS) is 11.5. The Balaban J connectivity index is 1.76. The number of hydrogen-bond acceptors (Lipinski definition) is 9. The molecule has 0 atom stereocenters. The minimum Gasteiger partial charge on any atom is -0.493 e. The first-order valence-corrected chi connectivity index (χ1v) is 11.9. The van der Waals surface area contributed by atoms with Gasteiger partial charge in [0.1, 0.15) is 24.1 Å². The Kier molecular flexibility index (Phi) is 7.37. The number of nitriles is 1. The molecule has 0 saturated heterocycles. The second-order valence-corrected chi connectivity index (χ2v) is 9.23. The average Bonchev–Trinajstić information content (AvgIpc) is 3.26. The molecular formula is C21H17FN4O5S2. The van der Waals surface area contributed by atoms with Crippen LogP contribution >= 0.6 is 11.5 Å². The van der Waals surface area contributed by atoms with Crippen LogP contribution in [0.1, 0.15) is 11.1 Å². The molecule has 1 amide bonds. The lowest BCUT2D eigenvalue weighted by Crippen LogP contribution is -2.13. The quantitative estimate of drug-likeness (QED) is 0.378. The molecule has 0 bridgehead atoms. The number of nitrogens with one attached hydrogen (secondary N) is 1. The van der Waals surface area contributed by atoms with Crippen LogP contribution in [-0.4, -0.2) is 37.0 Å². The van der Waals surface area contributed by atoms with E-state index in [4.69, 9.17) is 9.47 Å². The largest absolute Gasteiger partial charge is 0.493 e. The van der Waals surface area contributed by atoms with E-state index in [9.17, 15) is 22.9 Å². The molecule has 0 saturated carbocycles. The lowest BCUT2D eigenvalue weighted by Gasteiger charge is -2.12. The first-order valence-electron chi connectivity index (χ1n) is 9.22. The van der Waals surface area contributed by atoms with Gasteiger partial charge in [0, 0.05) is 23.4 Å². The van der Waals surface area contributed by atoms with E-state index in [2.05, 4.69) is 14.7 Å². The van der Waals surface area contributed by atoms with Gasteiger partial charge in [-0.15, -0.1) is 0 Å². The van der Waals surface area contributed by atoms with Crippen LogP contribution in [0.15, 0.2) is 53.2 Å². The fourth-order valence-corrected chi connectivity index (χ4v) is 3.99. The zero-order valence-corrected chi connectivity index (χ0v) is 19.0. The first kappa shape index (κ1) is 23.8. The van der Waals surface area contributed by atoms with E-state index in [-0.39, 0.29) is 23.1 Å². The maximum Gasteiger partial charge on any atom is 0.268 e. The van der Waals surface area contributed by atoms with Crippen molar-refractivity contribution in [3.8, 4) is 17.6 Å². The van der Waals surface area contributed by atoms with E-state index in [1.165, 1.54) is 19.3 Å². The van der Waals surface area contributed by atoms with E-state index in [0.717, 1.165) is 6.26 Å². The first-order chi connectivity index (χ1) is 15.7. The molecule has 0 aliphatic rings. The van der Waals surface area contributed by atoms with E-state index >= 15 is 0 Å². The molecule has 0 unspecified atom stereocenters. The number of anilines is 1. The van der Waals surface area contributed by atoms with E-state index < -0.39 is 20.9 Å². The van der Waals surface area contributed by atoms with Crippen LogP contribution < -0.4 is 14.8 Å². The number of amides is 1. The van der Waals surface area contributed by atoms with Gasteiger partial charge in [0.05, 0.1) is 7.11 Å². The van der Waals surface area contributed by atoms with Gasteiger partial charge < -0.3 is 9.47 Å². The molecule has 1 aromatic heterocycles.